The lowest BCUT2D eigenvalue weighted by Gasteiger charge is -2.01. The molecule has 17 heavy (non-hydrogen) atoms. The smallest absolute Gasteiger partial charge is 0.170 e. The van der Waals surface area contributed by atoms with Crippen LogP contribution in [0.4, 0.5) is 0 Å². The molecule has 3 aromatic heterocycles. The van der Waals surface area contributed by atoms with Gasteiger partial charge in [0.25, 0.3) is 0 Å². The Morgan fingerprint density at radius 3 is 3.06 bits per heavy atom. The van der Waals surface area contributed by atoms with E-state index in [0.717, 1.165) is 25.3 Å². The Morgan fingerprint density at radius 2 is 2.29 bits per heavy atom. The molecule has 0 N–H and O–H groups in total. The fraction of sp³-hybridized carbons (Fsp3) is 0.100. The van der Waals surface area contributed by atoms with Crippen LogP contribution in [0.5, 0.6) is 0 Å². The molecule has 0 spiro atoms. The Balaban J connectivity index is 2.07. The van der Waals surface area contributed by atoms with E-state index in [1.807, 2.05) is 29.1 Å². The van der Waals surface area contributed by atoms with E-state index in [9.17, 15) is 0 Å². The van der Waals surface area contributed by atoms with Gasteiger partial charge in [-0.3, -0.25) is 0 Å². The minimum absolute atomic E-state index is 0.791. The van der Waals surface area contributed by atoms with Crippen LogP contribution in [0.2, 0.25) is 0 Å². The maximum absolute atomic E-state index is 4.44. The minimum Gasteiger partial charge on any atom is -0.302 e. The van der Waals surface area contributed by atoms with Gasteiger partial charge in [-0.15, -0.1) is 11.3 Å². The number of rotatable bonds is 2. The fourth-order valence-corrected chi connectivity index (χ4v) is 3.76. The fourth-order valence-electron chi connectivity index (χ4n) is 1.40. The quantitative estimate of drug-likeness (QED) is 0.723. The Morgan fingerprint density at radius 1 is 1.41 bits per heavy atom. The molecular formula is C10H7BrN4S2. The molecule has 86 valence electrons. The lowest BCUT2D eigenvalue weighted by Crippen LogP contribution is -1.91. The SMILES string of the molecule is Cc1csc(Sc2nc(Br)cn3ccnc23)n1. The second kappa shape index (κ2) is 4.40. The van der Waals surface area contributed by atoms with Gasteiger partial charge in [0.05, 0.1) is 0 Å². The highest BCUT2D eigenvalue weighted by molar-refractivity contribution is 9.10. The zero-order chi connectivity index (χ0) is 11.8. The highest BCUT2D eigenvalue weighted by Crippen LogP contribution is 2.31. The van der Waals surface area contributed by atoms with Crippen molar-refractivity contribution in [3.63, 3.8) is 0 Å². The molecule has 0 aliphatic carbocycles. The van der Waals surface area contributed by atoms with E-state index in [4.69, 9.17) is 0 Å². The molecule has 0 amide bonds. The maximum atomic E-state index is 4.44. The molecule has 7 heteroatoms. The summed E-state index contributed by atoms with van der Waals surface area (Å²) in [6.45, 7) is 1.99. The molecule has 0 aromatic carbocycles. The largest absolute Gasteiger partial charge is 0.302 e. The lowest BCUT2D eigenvalue weighted by atomic mass is 10.6. The summed E-state index contributed by atoms with van der Waals surface area (Å²) in [5.41, 5.74) is 1.89. The number of halogens is 1. The minimum atomic E-state index is 0.791. The molecule has 0 fully saturated rings. The molecule has 3 aromatic rings. The van der Waals surface area contributed by atoms with Crippen LogP contribution in [0.3, 0.4) is 0 Å². The first-order chi connectivity index (χ1) is 8.22. The van der Waals surface area contributed by atoms with Crippen LogP contribution >= 0.6 is 39.0 Å². The molecule has 0 unspecified atom stereocenters. The number of nitrogens with zero attached hydrogens (tertiary/aromatic N) is 4. The van der Waals surface area contributed by atoms with Crippen molar-refractivity contribution in [1.82, 2.24) is 19.4 Å². The average molecular weight is 327 g/mol. The van der Waals surface area contributed by atoms with Crippen molar-refractivity contribution in [1.29, 1.82) is 0 Å². The van der Waals surface area contributed by atoms with Crippen LogP contribution in [0.1, 0.15) is 5.69 Å². The van der Waals surface area contributed by atoms with Crippen LogP contribution in [0, 0.1) is 6.92 Å². The summed E-state index contributed by atoms with van der Waals surface area (Å²) in [5, 5.41) is 2.89. The van der Waals surface area contributed by atoms with E-state index < -0.39 is 0 Å². The number of aromatic nitrogens is 4. The van der Waals surface area contributed by atoms with Gasteiger partial charge in [-0.05, 0) is 34.6 Å². The van der Waals surface area contributed by atoms with Crippen molar-refractivity contribution in [2.45, 2.75) is 16.3 Å². The van der Waals surface area contributed by atoms with Crippen molar-refractivity contribution in [2.24, 2.45) is 0 Å². The van der Waals surface area contributed by atoms with Gasteiger partial charge in [0, 0.05) is 29.7 Å². The van der Waals surface area contributed by atoms with E-state index in [1.54, 1.807) is 17.5 Å². The number of hydrogen-bond acceptors (Lipinski definition) is 5. The predicted molar refractivity (Wildman–Crippen MR) is 71.7 cm³/mol. The Hall–Kier alpha value is -0.920. The van der Waals surface area contributed by atoms with E-state index in [1.165, 1.54) is 11.8 Å². The number of imidazole rings is 1. The monoisotopic (exact) mass is 326 g/mol. The normalized spacial score (nSPS) is 11.2. The second-order valence-corrected chi connectivity index (χ2v) is 6.29. The van der Waals surface area contributed by atoms with Crippen LogP contribution < -0.4 is 0 Å². The van der Waals surface area contributed by atoms with Crippen molar-refractivity contribution < 1.29 is 0 Å². The molecule has 4 nitrogen and oxygen atoms in total. The molecule has 0 aliphatic heterocycles. The summed E-state index contributed by atoms with van der Waals surface area (Å²) >= 11 is 6.56. The van der Waals surface area contributed by atoms with Gasteiger partial charge in [-0.1, -0.05) is 0 Å². The molecule has 0 atom stereocenters. The summed E-state index contributed by atoms with van der Waals surface area (Å²) in [7, 11) is 0. The van der Waals surface area contributed by atoms with E-state index in [0.29, 0.717) is 0 Å². The maximum Gasteiger partial charge on any atom is 0.170 e. The zero-order valence-electron chi connectivity index (χ0n) is 8.79. The third-order valence-electron chi connectivity index (χ3n) is 2.10. The molecule has 0 saturated carbocycles. The van der Waals surface area contributed by atoms with Gasteiger partial charge >= 0.3 is 0 Å². The van der Waals surface area contributed by atoms with Gasteiger partial charge in [0.1, 0.15) is 9.63 Å². The van der Waals surface area contributed by atoms with Crippen LogP contribution in [0.25, 0.3) is 5.65 Å². The number of fused-ring (bicyclic) bond motifs is 1. The lowest BCUT2D eigenvalue weighted by molar-refractivity contribution is 1.01. The topological polar surface area (TPSA) is 43.1 Å². The van der Waals surface area contributed by atoms with Gasteiger partial charge in [0.15, 0.2) is 9.99 Å². The zero-order valence-corrected chi connectivity index (χ0v) is 12.0. The summed E-state index contributed by atoms with van der Waals surface area (Å²) < 4.78 is 3.72. The second-order valence-electron chi connectivity index (χ2n) is 3.38. The summed E-state index contributed by atoms with van der Waals surface area (Å²) in [6.07, 6.45) is 5.55. The van der Waals surface area contributed by atoms with Crippen LogP contribution in [-0.4, -0.2) is 19.4 Å². The van der Waals surface area contributed by atoms with Gasteiger partial charge in [-0.2, -0.15) is 0 Å². The molecular weight excluding hydrogens is 320 g/mol. The Kier molecular flexibility index (Phi) is 2.89. The Bertz CT molecular complexity index is 676. The van der Waals surface area contributed by atoms with Gasteiger partial charge in [-0.25, -0.2) is 15.0 Å². The van der Waals surface area contributed by atoms with Crippen molar-refractivity contribution in [3.05, 3.63) is 34.3 Å². The standard InChI is InChI=1S/C10H7BrN4S2/c1-6-5-16-10(13-6)17-9-8-12-2-3-15(8)4-7(11)14-9/h2-5H,1H3. The van der Waals surface area contributed by atoms with Gasteiger partial charge < -0.3 is 4.40 Å². The first-order valence-corrected chi connectivity index (χ1v) is 7.30. The molecule has 0 saturated heterocycles. The molecule has 3 rings (SSSR count). The highest BCUT2D eigenvalue weighted by Gasteiger charge is 2.10. The average Bonchev–Trinajstić information content (AvgIpc) is 2.87. The molecule has 0 bridgehead atoms. The molecule has 0 aliphatic rings. The van der Waals surface area contributed by atoms with Crippen molar-refractivity contribution >= 4 is 44.7 Å². The van der Waals surface area contributed by atoms with Crippen LogP contribution in [0.15, 0.2) is 37.9 Å². The first kappa shape index (κ1) is 11.2. The summed E-state index contributed by atoms with van der Waals surface area (Å²) in [6, 6.07) is 0. The summed E-state index contributed by atoms with van der Waals surface area (Å²) in [5.74, 6) is 0. The summed E-state index contributed by atoms with van der Waals surface area (Å²) in [4.78, 5) is 13.2. The van der Waals surface area contributed by atoms with Crippen molar-refractivity contribution in [3.8, 4) is 0 Å². The predicted octanol–water partition coefficient (Wildman–Crippen LogP) is 3.41. The molecule has 3 heterocycles. The third-order valence-corrected chi connectivity index (χ3v) is 4.50. The number of aryl methyl sites for hydroxylation is 1. The van der Waals surface area contributed by atoms with E-state index in [2.05, 4.69) is 30.9 Å². The van der Waals surface area contributed by atoms with Crippen LogP contribution in [-0.2, 0) is 0 Å². The molecule has 0 radical (unpaired) electrons. The van der Waals surface area contributed by atoms with E-state index in [-0.39, 0.29) is 0 Å². The van der Waals surface area contributed by atoms with Crippen molar-refractivity contribution in [2.75, 3.05) is 0 Å². The number of hydrogen-bond donors (Lipinski definition) is 0. The Labute approximate surface area is 114 Å². The van der Waals surface area contributed by atoms with E-state index >= 15 is 0 Å². The first-order valence-electron chi connectivity index (χ1n) is 4.81. The third kappa shape index (κ3) is 2.22. The van der Waals surface area contributed by atoms with Gasteiger partial charge in [0.2, 0.25) is 0 Å². The highest BCUT2D eigenvalue weighted by atomic mass is 79.9. The number of thiazole rings is 1.